The van der Waals surface area contributed by atoms with E-state index < -0.39 is 79.6 Å². The van der Waals surface area contributed by atoms with Crippen molar-refractivity contribution < 1.29 is 102 Å². The van der Waals surface area contributed by atoms with Crippen molar-refractivity contribution in [1.82, 2.24) is 0 Å². The molecule has 0 aromatic rings. The van der Waals surface area contributed by atoms with Gasteiger partial charge in [-0.2, -0.15) is 87.8 Å². The fourth-order valence-corrected chi connectivity index (χ4v) is 1.71. The van der Waals surface area contributed by atoms with Crippen LogP contribution < -0.4 is 0 Å². The van der Waals surface area contributed by atoms with Crippen molar-refractivity contribution in [1.29, 1.82) is 0 Å². The Kier molecular flexibility index (Phi) is 8.76. The van der Waals surface area contributed by atoms with E-state index in [4.69, 9.17) is 0 Å². The molecule has 0 N–H and O–H groups in total. The van der Waals surface area contributed by atoms with Gasteiger partial charge in [0.05, 0.1) is 6.42 Å². The fourth-order valence-electron chi connectivity index (χ4n) is 1.71. The molecule has 0 fully saturated rings. The van der Waals surface area contributed by atoms with Crippen LogP contribution in [0.3, 0.4) is 0 Å². The average Bonchev–Trinajstić information content (AvgIpc) is 2.63. The topological polar surface area (TPSA) is 35.5 Å². The minimum atomic E-state index is -7.91. The zero-order chi connectivity index (χ0) is 29.6. The molecule has 0 rings (SSSR count). The summed E-state index contributed by atoms with van der Waals surface area (Å²) in [6, 6.07) is 0. The maximum absolute atomic E-state index is 13.2. The van der Waals surface area contributed by atoms with E-state index in [0.717, 1.165) is 0 Å². The smallest absolute Gasteiger partial charge is 0.434 e. The molecule has 0 aromatic heterocycles. The van der Waals surface area contributed by atoms with Crippen molar-refractivity contribution in [3.63, 3.8) is 0 Å². The second-order valence-corrected chi connectivity index (χ2v) is 6.41. The molecule has 23 heteroatoms. The maximum Gasteiger partial charge on any atom is 0.508 e. The summed E-state index contributed by atoms with van der Waals surface area (Å²) < 4.78 is 258. The van der Waals surface area contributed by atoms with Gasteiger partial charge in [-0.1, -0.05) is 0 Å². The highest BCUT2D eigenvalue weighted by Gasteiger charge is 2.87. The average molecular weight is 590 g/mol. The number of rotatable bonds is 10. The number of hydrogen-bond donors (Lipinski definition) is 0. The monoisotopic (exact) mass is 590 g/mol. The van der Waals surface area contributed by atoms with E-state index in [9.17, 15) is 92.6 Å². The van der Waals surface area contributed by atoms with Crippen LogP contribution in [0.1, 0.15) is 6.42 Å². The molecule has 36 heavy (non-hydrogen) atoms. The van der Waals surface area contributed by atoms with Gasteiger partial charge in [-0.15, -0.1) is 0 Å². The minimum absolute atomic E-state index is 2.42. The summed E-state index contributed by atoms with van der Waals surface area (Å²) in [5.41, 5.74) is 0. The molecule has 0 aliphatic rings. The first-order valence-electron chi connectivity index (χ1n) is 7.93. The van der Waals surface area contributed by atoms with Crippen molar-refractivity contribution in [3.05, 3.63) is 0 Å². The van der Waals surface area contributed by atoms with Crippen LogP contribution in [0.2, 0.25) is 0 Å². The van der Waals surface area contributed by atoms with Gasteiger partial charge in [-0.25, -0.2) is 4.79 Å². The van der Waals surface area contributed by atoms with Crippen molar-refractivity contribution in [2.45, 2.75) is 60.2 Å². The van der Waals surface area contributed by atoms with Crippen LogP contribution in [-0.2, 0) is 9.47 Å². The van der Waals surface area contributed by atoms with Crippen LogP contribution in [0.15, 0.2) is 0 Å². The minimum Gasteiger partial charge on any atom is -0.434 e. The number of carbonyl (C=O) groups is 1. The number of carbonyl (C=O) groups excluding carboxylic acids is 1. The third-order valence-corrected chi connectivity index (χ3v) is 3.82. The molecule has 0 spiro atoms. The van der Waals surface area contributed by atoms with E-state index in [1.807, 2.05) is 0 Å². The SMILES string of the molecule is O=C(OCCC(F)(F)C(F)(F)C(F)(F)C(F)(F)F)OCC(F)(F)C(F)(F)C(F)(F)C(F)(F)C(F)(F)F. The second-order valence-electron chi connectivity index (χ2n) is 6.41. The van der Waals surface area contributed by atoms with Crippen LogP contribution in [0.4, 0.5) is 92.6 Å². The Bertz CT molecular complexity index is 779. The highest BCUT2D eigenvalue weighted by Crippen LogP contribution is 2.57. The molecule has 0 aromatic carbocycles. The number of hydrogen-bond acceptors (Lipinski definition) is 3. The first-order chi connectivity index (χ1) is 15.4. The van der Waals surface area contributed by atoms with Crippen LogP contribution in [0, 0.1) is 0 Å². The lowest BCUT2D eigenvalue weighted by atomic mass is 9.98. The molecule has 0 aliphatic heterocycles. The predicted octanol–water partition coefficient (Wildman–Crippen LogP) is 7.10. The Morgan fingerprint density at radius 3 is 1.14 bits per heavy atom. The zero-order valence-electron chi connectivity index (χ0n) is 15.9. The summed E-state index contributed by atoms with van der Waals surface area (Å²) in [5, 5.41) is 0. The summed E-state index contributed by atoms with van der Waals surface area (Å²) in [7, 11) is 0. The molecule has 0 saturated heterocycles. The van der Waals surface area contributed by atoms with Gasteiger partial charge >= 0.3 is 60.0 Å². The van der Waals surface area contributed by atoms with Crippen molar-refractivity contribution >= 4 is 6.16 Å². The van der Waals surface area contributed by atoms with Gasteiger partial charge in [0.2, 0.25) is 0 Å². The summed E-state index contributed by atoms with van der Waals surface area (Å²) in [6.07, 6.45) is -20.7. The molecule has 0 aliphatic carbocycles. The third kappa shape index (κ3) is 5.57. The van der Waals surface area contributed by atoms with Crippen LogP contribution >= 0.6 is 0 Å². The molecule has 0 amide bonds. The van der Waals surface area contributed by atoms with Crippen molar-refractivity contribution in [2.75, 3.05) is 13.2 Å². The number of alkyl halides is 20. The van der Waals surface area contributed by atoms with Crippen LogP contribution in [0.25, 0.3) is 0 Å². The van der Waals surface area contributed by atoms with Crippen molar-refractivity contribution in [2.24, 2.45) is 0 Å². The van der Waals surface area contributed by atoms with Crippen molar-refractivity contribution in [3.8, 4) is 0 Å². The summed E-state index contributed by atoms with van der Waals surface area (Å²) in [5.74, 6) is -51.2. The molecule has 0 radical (unpaired) electrons. The molecule has 0 bridgehead atoms. The van der Waals surface area contributed by atoms with Crippen LogP contribution in [-0.4, -0.2) is 73.2 Å². The summed E-state index contributed by atoms with van der Waals surface area (Å²) in [4.78, 5) is 10.8. The quantitative estimate of drug-likeness (QED) is 0.201. The molecule has 0 heterocycles. The highest BCUT2D eigenvalue weighted by atomic mass is 19.4. The largest absolute Gasteiger partial charge is 0.508 e. The second kappa shape index (κ2) is 9.31. The Morgan fingerprint density at radius 2 is 0.778 bits per heavy atom. The van der Waals surface area contributed by atoms with E-state index >= 15 is 0 Å². The Labute approximate surface area is 183 Å². The van der Waals surface area contributed by atoms with E-state index in [1.54, 1.807) is 0 Å². The lowest BCUT2D eigenvalue weighted by Crippen LogP contribution is -2.67. The molecule has 216 valence electrons. The third-order valence-electron chi connectivity index (χ3n) is 3.82. The number of halogens is 20. The fraction of sp³-hybridized carbons (Fsp3) is 0.923. The molecular weight excluding hydrogens is 584 g/mol. The summed E-state index contributed by atoms with van der Waals surface area (Å²) in [6.45, 7) is -5.96. The normalized spacial score (nSPS) is 15.7. The number of ether oxygens (including phenoxy) is 2. The van der Waals surface area contributed by atoms with Gasteiger partial charge < -0.3 is 9.47 Å². The molecular formula is C13H6F20O3. The standard InChI is InChI=1S/C13H6F20O3/c14-5(15,7(18,19)10(24,25)12(28,29)30)1-2-35-4(34)36-3-6(16,17)8(20,21)9(22,23)11(26,27)13(31,32)33/h1-3H2. The lowest BCUT2D eigenvalue weighted by Gasteiger charge is -2.36. The van der Waals surface area contributed by atoms with Gasteiger partial charge in [0.25, 0.3) is 0 Å². The molecule has 0 unspecified atom stereocenters. The Morgan fingerprint density at radius 1 is 0.444 bits per heavy atom. The molecule has 3 nitrogen and oxygen atoms in total. The van der Waals surface area contributed by atoms with E-state index in [0.29, 0.717) is 0 Å². The van der Waals surface area contributed by atoms with Gasteiger partial charge in [-0.3, -0.25) is 0 Å². The first-order valence-corrected chi connectivity index (χ1v) is 7.93. The molecule has 0 atom stereocenters. The van der Waals surface area contributed by atoms with Gasteiger partial charge in [0.1, 0.15) is 6.61 Å². The maximum atomic E-state index is 13.2. The zero-order valence-corrected chi connectivity index (χ0v) is 15.9. The van der Waals surface area contributed by atoms with E-state index in [2.05, 4.69) is 9.47 Å². The summed E-state index contributed by atoms with van der Waals surface area (Å²) >= 11 is 0. The lowest BCUT2D eigenvalue weighted by molar-refractivity contribution is -0.423. The van der Waals surface area contributed by atoms with Gasteiger partial charge in [0, 0.05) is 0 Å². The Balaban J connectivity index is 5.36. The van der Waals surface area contributed by atoms with Gasteiger partial charge in [-0.05, 0) is 0 Å². The highest BCUT2D eigenvalue weighted by molar-refractivity contribution is 5.59. The van der Waals surface area contributed by atoms with E-state index in [-0.39, 0.29) is 0 Å². The van der Waals surface area contributed by atoms with Gasteiger partial charge in [0.15, 0.2) is 6.61 Å². The Hall–Kier alpha value is -2.13. The molecule has 0 saturated carbocycles. The first kappa shape index (κ1) is 33.9. The van der Waals surface area contributed by atoms with Crippen LogP contribution in [0.5, 0.6) is 0 Å². The predicted molar refractivity (Wildman–Crippen MR) is 68.7 cm³/mol. The van der Waals surface area contributed by atoms with E-state index in [1.165, 1.54) is 0 Å².